The predicted octanol–water partition coefficient (Wildman–Crippen LogP) is 22.8. The maximum absolute atomic E-state index is 13.1. The molecule has 19 heteroatoms. The molecule has 17 nitrogen and oxygen atoms in total. The monoisotopic (exact) mass is 1450 g/mol. The van der Waals surface area contributed by atoms with Gasteiger partial charge < -0.3 is 33.8 Å². The van der Waals surface area contributed by atoms with Gasteiger partial charge >= 0.3 is 39.5 Å². The van der Waals surface area contributed by atoms with Gasteiger partial charge in [0, 0.05) is 25.7 Å². The van der Waals surface area contributed by atoms with E-state index >= 15 is 0 Å². The number of esters is 4. The predicted molar refractivity (Wildman–Crippen MR) is 409 cm³/mol. The van der Waals surface area contributed by atoms with Crippen molar-refractivity contribution in [3.05, 3.63) is 97.2 Å². The Morgan fingerprint density at radius 2 is 0.520 bits per heavy atom. The fraction of sp³-hybridized carbons (Fsp3) is 0.753. The van der Waals surface area contributed by atoms with Crippen LogP contribution >= 0.6 is 15.6 Å². The van der Waals surface area contributed by atoms with Crippen molar-refractivity contribution in [2.75, 3.05) is 39.6 Å². The number of carbonyl (C=O) groups excluding carboxylic acids is 4. The van der Waals surface area contributed by atoms with Gasteiger partial charge in [-0.1, -0.05) is 260 Å². The second-order valence-electron chi connectivity index (χ2n) is 26.3. The number of hydrogen-bond donors (Lipinski definition) is 3. The highest BCUT2D eigenvalue weighted by molar-refractivity contribution is 7.47. The summed E-state index contributed by atoms with van der Waals surface area (Å²) in [5.74, 6) is -2.22. The average molecular weight is 1450 g/mol. The summed E-state index contributed by atoms with van der Waals surface area (Å²) in [5, 5.41) is 10.6. The van der Waals surface area contributed by atoms with E-state index in [0.717, 1.165) is 180 Å². The molecule has 0 saturated carbocycles. The highest BCUT2D eigenvalue weighted by Gasteiger charge is 2.30. The first kappa shape index (κ1) is 96.0. The lowest BCUT2D eigenvalue weighted by Gasteiger charge is -2.21. The molecule has 0 amide bonds. The number of aliphatic hydroxyl groups excluding tert-OH is 1. The Hall–Kier alpha value is -4.02. The van der Waals surface area contributed by atoms with Crippen LogP contribution in [-0.2, 0) is 65.4 Å². The number of hydrogen-bond acceptors (Lipinski definition) is 15. The summed E-state index contributed by atoms with van der Waals surface area (Å²) in [5.41, 5.74) is 0. The van der Waals surface area contributed by atoms with Crippen molar-refractivity contribution in [1.82, 2.24) is 0 Å². The Labute approximate surface area is 607 Å². The highest BCUT2D eigenvalue weighted by Crippen LogP contribution is 2.45. The molecule has 0 aliphatic heterocycles. The smallest absolute Gasteiger partial charge is 0.462 e. The zero-order valence-electron chi connectivity index (χ0n) is 63.1. The van der Waals surface area contributed by atoms with E-state index in [2.05, 4.69) is 125 Å². The first-order chi connectivity index (χ1) is 48.7. The van der Waals surface area contributed by atoms with E-state index in [0.29, 0.717) is 25.7 Å². The van der Waals surface area contributed by atoms with Crippen molar-refractivity contribution in [3.8, 4) is 0 Å². The standard InChI is InChI=1S/C81H142O17P2/c1-5-9-13-17-21-25-29-33-35-36-37-38-40-44-48-52-56-60-64-68-81(86)98-77(72-92-79(84)66-62-58-54-50-46-42-32-28-24-20-16-12-8-4)74-96-100(89,90)94-70-75(82)69-93-99(87,88)95-73-76(71-91-78(83)65-61-57-53-49-45-41-31-27-23-19-15-11-7-3)97-80(85)67-63-59-55-51-47-43-39-34-30-26-22-18-14-10-6-2/h9,13,21,25-28,30-33,35,37-38,44,48,75-77,82H,5-8,10-12,14-20,22-24,29,34,36,39-43,45-47,49-74H2,1-4H3,(H,87,88)(H,89,90)/b13-9-,25-21-,30-26-,31-27-,32-28-,35-33-,38-37-,48-44-/t75-,76+,77+/m0/s1. The summed E-state index contributed by atoms with van der Waals surface area (Å²) in [6, 6.07) is 0. The molecule has 0 saturated heterocycles. The molecule has 0 radical (unpaired) electrons. The molecule has 0 aromatic carbocycles. The minimum Gasteiger partial charge on any atom is -0.462 e. The third-order valence-electron chi connectivity index (χ3n) is 16.5. The van der Waals surface area contributed by atoms with Crippen LogP contribution < -0.4 is 0 Å². The molecule has 0 aliphatic rings. The van der Waals surface area contributed by atoms with E-state index in [1.54, 1.807) is 0 Å². The van der Waals surface area contributed by atoms with Crippen molar-refractivity contribution in [1.29, 1.82) is 0 Å². The molecule has 0 heterocycles. The van der Waals surface area contributed by atoms with Crippen molar-refractivity contribution in [2.24, 2.45) is 0 Å². The Morgan fingerprint density at radius 3 is 0.820 bits per heavy atom. The summed E-state index contributed by atoms with van der Waals surface area (Å²) in [6.07, 6.45) is 76.7. The summed E-state index contributed by atoms with van der Waals surface area (Å²) in [6.45, 7) is 4.69. The molecule has 0 rings (SSSR count). The van der Waals surface area contributed by atoms with E-state index in [-0.39, 0.29) is 25.7 Å². The largest absolute Gasteiger partial charge is 0.472 e. The fourth-order valence-corrected chi connectivity index (χ4v) is 12.0. The first-order valence-electron chi connectivity index (χ1n) is 39.5. The van der Waals surface area contributed by atoms with Crippen LogP contribution in [-0.4, -0.2) is 96.7 Å². The Bertz CT molecular complexity index is 2270. The third kappa shape index (κ3) is 72.3. The number of phosphoric acid groups is 2. The lowest BCUT2D eigenvalue weighted by Crippen LogP contribution is -2.30. The molecule has 0 bridgehead atoms. The van der Waals surface area contributed by atoms with Crippen molar-refractivity contribution < 1.29 is 80.2 Å². The molecular formula is C81H142O17P2. The number of aliphatic hydroxyl groups is 1. The maximum Gasteiger partial charge on any atom is 0.472 e. The second kappa shape index (κ2) is 73.3. The molecule has 0 aromatic rings. The van der Waals surface area contributed by atoms with Crippen molar-refractivity contribution >= 4 is 39.5 Å². The van der Waals surface area contributed by atoms with Gasteiger partial charge in [-0.2, -0.15) is 0 Å². The molecular weight excluding hydrogens is 1310 g/mol. The zero-order valence-corrected chi connectivity index (χ0v) is 64.9. The topological polar surface area (TPSA) is 237 Å². The third-order valence-corrected chi connectivity index (χ3v) is 18.4. The summed E-state index contributed by atoms with van der Waals surface area (Å²) in [4.78, 5) is 72.9. The molecule has 3 N–H and O–H groups in total. The minimum atomic E-state index is -4.99. The lowest BCUT2D eigenvalue weighted by atomic mass is 10.1. The van der Waals surface area contributed by atoms with Crippen molar-refractivity contribution in [2.45, 2.75) is 354 Å². The molecule has 0 spiro atoms. The van der Waals surface area contributed by atoms with Gasteiger partial charge in [-0.05, 0) is 148 Å². The summed E-state index contributed by atoms with van der Waals surface area (Å²) in [7, 11) is -9.96. The second-order valence-corrected chi connectivity index (χ2v) is 29.2. The van der Waals surface area contributed by atoms with Gasteiger partial charge in [-0.15, -0.1) is 0 Å². The quantitative estimate of drug-likeness (QED) is 0.0169. The van der Waals surface area contributed by atoms with Gasteiger partial charge in [0.05, 0.1) is 26.4 Å². The number of allylic oxidation sites excluding steroid dienone is 16. The zero-order chi connectivity index (χ0) is 73.2. The van der Waals surface area contributed by atoms with E-state index in [1.807, 2.05) is 0 Å². The van der Waals surface area contributed by atoms with Gasteiger partial charge in [0.25, 0.3) is 0 Å². The van der Waals surface area contributed by atoms with E-state index in [9.17, 15) is 43.2 Å². The number of carbonyl (C=O) groups is 4. The minimum absolute atomic E-state index is 0.0542. The molecule has 2 unspecified atom stereocenters. The molecule has 100 heavy (non-hydrogen) atoms. The van der Waals surface area contributed by atoms with Gasteiger partial charge in [0.1, 0.15) is 19.3 Å². The number of ether oxygens (including phenoxy) is 4. The van der Waals surface area contributed by atoms with Crippen LogP contribution in [0.1, 0.15) is 336 Å². The molecule has 578 valence electrons. The summed E-state index contributed by atoms with van der Waals surface area (Å²) >= 11 is 0. The normalized spacial score (nSPS) is 14.4. The first-order valence-corrected chi connectivity index (χ1v) is 42.5. The number of phosphoric ester groups is 2. The number of rotatable bonds is 74. The van der Waals surface area contributed by atoms with Crippen LogP contribution in [0.5, 0.6) is 0 Å². The molecule has 5 atom stereocenters. The average Bonchev–Trinajstić information content (AvgIpc) is 1.01. The Balaban J connectivity index is 5.38. The Morgan fingerprint density at radius 1 is 0.290 bits per heavy atom. The van der Waals surface area contributed by atoms with E-state index < -0.39 is 97.5 Å². The van der Waals surface area contributed by atoms with Crippen LogP contribution in [0, 0.1) is 0 Å². The molecule has 0 aliphatic carbocycles. The number of unbranched alkanes of at least 4 members (excludes halogenated alkanes) is 32. The highest BCUT2D eigenvalue weighted by atomic mass is 31.2. The SMILES string of the molecule is CC/C=C\C/C=C\C/C=C\C/C=C\C/C=C\CCCCCC(=O)O[C@H](COC(=O)CCCCCCC/C=C\CCCCCC)COP(=O)(O)OC[C@@H](O)COP(=O)(O)OC[C@@H](COC(=O)CCCCCCC/C=C\CCCCCC)OC(=O)CCCCCCCCC/C=C\CCCCCC. The lowest BCUT2D eigenvalue weighted by molar-refractivity contribution is -0.161. The van der Waals surface area contributed by atoms with Gasteiger partial charge in [-0.25, -0.2) is 9.13 Å². The van der Waals surface area contributed by atoms with Crippen LogP contribution in [0.25, 0.3) is 0 Å². The van der Waals surface area contributed by atoms with Crippen LogP contribution in [0.3, 0.4) is 0 Å². The molecule has 0 aromatic heterocycles. The van der Waals surface area contributed by atoms with Crippen LogP contribution in [0.4, 0.5) is 0 Å². The van der Waals surface area contributed by atoms with Crippen molar-refractivity contribution in [3.63, 3.8) is 0 Å². The van der Waals surface area contributed by atoms with Gasteiger partial charge in [-0.3, -0.25) is 37.3 Å². The summed E-state index contributed by atoms with van der Waals surface area (Å²) < 4.78 is 68.5. The fourth-order valence-electron chi connectivity index (χ4n) is 10.5. The van der Waals surface area contributed by atoms with Crippen LogP contribution in [0.2, 0.25) is 0 Å². The van der Waals surface area contributed by atoms with E-state index in [1.165, 1.54) is 77.0 Å². The molecule has 0 fully saturated rings. The van der Waals surface area contributed by atoms with Gasteiger partial charge in [0.2, 0.25) is 0 Å². The van der Waals surface area contributed by atoms with Crippen LogP contribution in [0.15, 0.2) is 97.2 Å². The van der Waals surface area contributed by atoms with E-state index in [4.69, 9.17) is 37.0 Å². The van der Waals surface area contributed by atoms with Gasteiger partial charge in [0.15, 0.2) is 12.2 Å². The Kier molecular flexibility index (Phi) is 70.4. The maximum atomic E-state index is 13.1.